The van der Waals surface area contributed by atoms with E-state index in [4.69, 9.17) is 0 Å². The van der Waals surface area contributed by atoms with Crippen LogP contribution in [0.15, 0.2) is 22.7 Å². The van der Waals surface area contributed by atoms with Gasteiger partial charge in [0.15, 0.2) is 0 Å². The van der Waals surface area contributed by atoms with Gasteiger partial charge in [0.05, 0.1) is 0 Å². The molecule has 0 heterocycles. The predicted molar refractivity (Wildman–Crippen MR) is 83.4 cm³/mol. The number of alkyl halides is 1. The Hall–Kier alpha value is -0.350. The van der Waals surface area contributed by atoms with E-state index in [1.165, 1.54) is 0 Å². The van der Waals surface area contributed by atoms with Crippen molar-refractivity contribution >= 4 is 37.8 Å². The Morgan fingerprint density at radius 3 is 2.83 bits per heavy atom. The van der Waals surface area contributed by atoms with Gasteiger partial charge in [-0.2, -0.15) is 0 Å². The highest BCUT2D eigenvalue weighted by atomic mass is 79.9. The van der Waals surface area contributed by atoms with Crippen molar-refractivity contribution < 1.29 is 4.79 Å². The Balaban J connectivity index is 2.43. The molecule has 18 heavy (non-hydrogen) atoms. The molecule has 1 N–H and O–H groups in total. The first-order chi connectivity index (χ1) is 8.54. The third kappa shape index (κ3) is 5.11. The highest BCUT2D eigenvalue weighted by Crippen LogP contribution is 2.16. The molecule has 2 nitrogen and oxygen atoms in total. The highest BCUT2D eigenvalue weighted by molar-refractivity contribution is 9.10. The van der Waals surface area contributed by atoms with Gasteiger partial charge in [0.1, 0.15) is 0 Å². The first-order valence-corrected chi connectivity index (χ1v) is 8.06. The minimum Gasteiger partial charge on any atom is -0.352 e. The van der Waals surface area contributed by atoms with Gasteiger partial charge >= 0.3 is 0 Å². The Kier molecular flexibility index (Phi) is 6.94. The first-order valence-electron chi connectivity index (χ1n) is 6.15. The second-order valence-corrected chi connectivity index (χ2v) is 6.18. The van der Waals surface area contributed by atoms with Crippen LogP contribution in [0.2, 0.25) is 0 Å². The lowest BCUT2D eigenvalue weighted by Crippen LogP contribution is -2.25. The quantitative estimate of drug-likeness (QED) is 0.582. The molecule has 1 aromatic rings. The SMILES string of the molecule is Cc1ccc(Br)cc1C(=O)NCCCC(C)CBr. The molecule has 0 saturated heterocycles. The first kappa shape index (κ1) is 15.7. The average molecular weight is 377 g/mol. The van der Waals surface area contributed by atoms with E-state index in [1.54, 1.807) is 0 Å². The summed E-state index contributed by atoms with van der Waals surface area (Å²) in [6, 6.07) is 5.77. The molecule has 1 rings (SSSR count). The summed E-state index contributed by atoms with van der Waals surface area (Å²) >= 11 is 6.85. The zero-order chi connectivity index (χ0) is 13.5. The second kappa shape index (κ2) is 7.95. The molecular weight excluding hydrogens is 358 g/mol. The summed E-state index contributed by atoms with van der Waals surface area (Å²) in [7, 11) is 0. The van der Waals surface area contributed by atoms with Gasteiger partial charge in [0, 0.05) is 21.9 Å². The van der Waals surface area contributed by atoms with Crippen molar-refractivity contribution in [3.8, 4) is 0 Å². The van der Waals surface area contributed by atoms with E-state index in [1.807, 2.05) is 25.1 Å². The molecule has 4 heteroatoms. The smallest absolute Gasteiger partial charge is 0.251 e. The van der Waals surface area contributed by atoms with Crippen molar-refractivity contribution in [1.29, 1.82) is 0 Å². The number of carbonyl (C=O) groups is 1. The van der Waals surface area contributed by atoms with Crippen LogP contribution in [0.5, 0.6) is 0 Å². The second-order valence-electron chi connectivity index (χ2n) is 4.62. The number of hydrogen-bond donors (Lipinski definition) is 1. The Morgan fingerprint density at radius 1 is 1.44 bits per heavy atom. The van der Waals surface area contributed by atoms with Gasteiger partial charge in [-0.25, -0.2) is 0 Å². The molecule has 0 aliphatic carbocycles. The van der Waals surface area contributed by atoms with Gasteiger partial charge < -0.3 is 5.32 Å². The van der Waals surface area contributed by atoms with Crippen molar-refractivity contribution in [3.05, 3.63) is 33.8 Å². The van der Waals surface area contributed by atoms with Gasteiger partial charge in [-0.1, -0.05) is 44.8 Å². The summed E-state index contributed by atoms with van der Waals surface area (Å²) in [6.45, 7) is 4.89. The van der Waals surface area contributed by atoms with E-state index in [9.17, 15) is 4.79 Å². The molecule has 0 spiro atoms. The molecule has 0 aromatic heterocycles. The number of aryl methyl sites for hydroxylation is 1. The molecule has 1 aromatic carbocycles. The fourth-order valence-corrected chi connectivity index (χ4v) is 2.35. The number of halogens is 2. The van der Waals surface area contributed by atoms with Crippen molar-refractivity contribution in [2.45, 2.75) is 26.7 Å². The molecule has 0 fully saturated rings. The molecule has 0 aliphatic heterocycles. The molecule has 1 unspecified atom stereocenters. The minimum atomic E-state index is 0.0142. The number of hydrogen-bond acceptors (Lipinski definition) is 1. The molecule has 1 amide bonds. The van der Waals surface area contributed by atoms with E-state index in [-0.39, 0.29) is 5.91 Å². The van der Waals surface area contributed by atoms with Crippen LogP contribution in [-0.4, -0.2) is 17.8 Å². The van der Waals surface area contributed by atoms with Crippen LogP contribution < -0.4 is 5.32 Å². The van der Waals surface area contributed by atoms with Crippen LogP contribution in [0.3, 0.4) is 0 Å². The summed E-state index contributed by atoms with van der Waals surface area (Å²) < 4.78 is 0.936. The molecule has 100 valence electrons. The largest absolute Gasteiger partial charge is 0.352 e. The van der Waals surface area contributed by atoms with Crippen molar-refractivity contribution in [2.75, 3.05) is 11.9 Å². The zero-order valence-corrected chi connectivity index (χ0v) is 14.0. The molecule has 0 saturated carbocycles. The summed E-state index contributed by atoms with van der Waals surface area (Å²) in [4.78, 5) is 12.0. The number of carbonyl (C=O) groups excluding carboxylic acids is 1. The van der Waals surface area contributed by atoms with Crippen LogP contribution in [-0.2, 0) is 0 Å². The highest BCUT2D eigenvalue weighted by Gasteiger charge is 2.09. The normalized spacial score (nSPS) is 12.2. The maximum absolute atomic E-state index is 12.0. The molecule has 1 atom stereocenters. The van der Waals surface area contributed by atoms with E-state index >= 15 is 0 Å². The average Bonchev–Trinajstić information content (AvgIpc) is 2.36. The van der Waals surface area contributed by atoms with E-state index in [0.29, 0.717) is 5.92 Å². The Morgan fingerprint density at radius 2 is 2.17 bits per heavy atom. The molecule has 0 radical (unpaired) electrons. The maximum atomic E-state index is 12.0. The van der Waals surface area contributed by atoms with Crippen LogP contribution in [0.4, 0.5) is 0 Å². The Labute approximate surface area is 126 Å². The van der Waals surface area contributed by atoms with Crippen molar-refractivity contribution in [1.82, 2.24) is 5.32 Å². The number of rotatable bonds is 6. The van der Waals surface area contributed by atoms with E-state index < -0.39 is 0 Å². The lowest BCUT2D eigenvalue weighted by molar-refractivity contribution is 0.0952. The number of amides is 1. The predicted octanol–water partition coefficient (Wildman–Crippen LogP) is 4.30. The third-order valence-corrected chi connectivity index (χ3v) is 4.47. The van der Waals surface area contributed by atoms with Crippen molar-refractivity contribution in [3.63, 3.8) is 0 Å². The Bertz CT molecular complexity index is 407. The summed E-state index contributed by atoms with van der Waals surface area (Å²) in [6.07, 6.45) is 2.15. The van der Waals surface area contributed by atoms with Gasteiger partial charge in [-0.15, -0.1) is 0 Å². The topological polar surface area (TPSA) is 29.1 Å². The minimum absolute atomic E-state index is 0.0142. The molecule has 0 bridgehead atoms. The number of benzene rings is 1. The summed E-state index contributed by atoms with van der Waals surface area (Å²) in [5.41, 5.74) is 1.75. The standard InChI is InChI=1S/C14H19Br2NO/c1-10(9-15)4-3-7-17-14(18)13-8-12(16)6-5-11(13)2/h5-6,8,10H,3-4,7,9H2,1-2H3,(H,17,18). The van der Waals surface area contributed by atoms with Gasteiger partial charge in [0.25, 0.3) is 5.91 Å². The van der Waals surface area contributed by atoms with Crippen molar-refractivity contribution in [2.24, 2.45) is 5.92 Å². The van der Waals surface area contributed by atoms with Gasteiger partial charge in [-0.05, 0) is 43.4 Å². The lowest BCUT2D eigenvalue weighted by atomic mass is 10.1. The molecule has 0 aliphatic rings. The van der Waals surface area contributed by atoms with Crippen LogP contribution in [0.1, 0.15) is 35.7 Å². The van der Waals surface area contributed by atoms with Crippen LogP contribution >= 0.6 is 31.9 Å². The fourth-order valence-electron chi connectivity index (χ4n) is 1.66. The monoisotopic (exact) mass is 375 g/mol. The van der Waals surface area contributed by atoms with Crippen LogP contribution in [0, 0.1) is 12.8 Å². The van der Waals surface area contributed by atoms with E-state index in [2.05, 4.69) is 44.1 Å². The third-order valence-electron chi connectivity index (χ3n) is 2.87. The summed E-state index contributed by atoms with van der Waals surface area (Å²) in [5.74, 6) is 0.676. The summed E-state index contributed by atoms with van der Waals surface area (Å²) in [5, 5.41) is 3.99. The fraction of sp³-hybridized carbons (Fsp3) is 0.500. The van der Waals surface area contributed by atoms with E-state index in [0.717, 1.165) is 40.3 Å². The zero-order valence-electron chi connectivity index (χ0n) is 10.8. The van der Waals surface area contributed by atoms with Gasteiger partial charge in [-0.3, -0.25) is 4.79 Å². The molecular formula is C14H19Br2NO. The van der Waals surface area contributed by atoms with Gasteiger partial charge in [0.2, 0.25) is 0 Å². The number of nitrogens with one attached hydrogen (secondary N) is 1. The lowest BCUT2D eigenvalue weighted by Gasteiger charge is -2.10. The van der Waals surface area contributed by atoms with Crippen LogP contribution in [0.25, 0.3) is 0 Å². The maximum Gasteiger partial charge on any atom is 0.251 e.